The van der Waals surface area contributed by atoms with Gasteiger partial charge in [0.2, 0.25) is 15.9 Å². The van der Waals surface area contributed by atoms with E-state index in [1.165, 1.54) is 5.56 Å². The number of benzene rings is 2. The van der Waals surface area contributed by atoms with E-state index in [0.29, 0.717) is 30.6 Å². The smallest absolute Gasteiger partial charge is 0.243 e. The van der Waals surface area contributed by atoms with Gasteiger partial charge in [-0.15, -0.1) is 0 Å². The molecule has 2 aromatic carbocycles. The molecule has 0 bridgehead atoms. The molecule has 0 aliphatic carbocycles. The second-order valence-corrected chi connectivity index (χ2v) is 11.1. The van der Waals surface area contributed by atoms with Crippen LogP contribution in [0.5, 0.6) is 0 Å². The molecule has 31 heavy (non-hydrogen) atoms. The Balaban J connectivity index is 1.63. The number of amides is 1. The summed E-state index contributed by atoms with van der Waals surface area (Å²) in [7, 11) is -3.48. The molecular formula is C25H34N2O3S. The van der Waals surface area contributed by atoms with Gasteiger partial charge >= 0.3 is 0 Å². The summed E-state index contributed by atoms with van der Waals surface area (Å²) in [6.45, 7) is 9.54. The van der Waals surface area contributed by atoms with Crippen LogP contribution in [-0.4, -0.2) is 31.7 Å². The molecule has 1 unspecified atom stereocenters. The fourth-order valence-corrected chi connectivity index (χ4v) is 5.37. The monoisotopic (exact) mass is 442 g/mol. The quantitative estimate of drug-likeness (QED) is 0.653. The van der Waals surface area contributed by atoms with Gasteiger partial charge < -0.3 is 5.32 Å². The Morgan fingerprint density at radius 1 is 1.00 bits per heavy atom. The van der Waals surface area contributed by atoms with E-state index in [-0.39, 0.29) is 16.7 Å². The number of nitrogens with one attached hydrogen (secondary N) is 1. The molecule has 1 aliphatic heterocycles. The third-order valence-corrected chi connectivity index (χ3v) is 7.93. The van der Waals surface area contributed by atoms with Gasteiger partial charge in [-0.2, -0.15) is 4.31 Å². The van der Waals surface area contributed by atoms with Gasteiger partial charge in [0.05, 0.1) is 10.8 Å². The zero-order valence-corrected chi connectivity index (χ0v) is 19.8. The highest BCUT2D eigenvalue weighted by Gasteiger charge is 2.28. The van der Waals surface area contributed by atoms with Crippen molar-refractivity contribution in [3.63, 3.8) is 0 Å². The third kappa shape index (κ3) is 5.95. The summed E-state index contributed by atoms with van der Waals surface area (Å²) in [5, 5.41) is 2.90. The Morgan fingerprint density at radius 2 is 1.58 bits per heavy atom. The van der Waals surface area contributed by atoms with Gasteiger partial charge in [0, 0.05) is 18.8 Å². The maximum atomic E-state index is 12.9. The molecule has 1 N–H and O–H groups in total. The molecule has 1 heterocycles. The number of sulfonamides is 1. The van der Waals surface area contributed by atoms with Crippen LogP contribution >= 0.6 is 0 Å². The highest BCUT2D eigenvalue weighted by Crippen LogP contribution is 2.25. The molecule has 2 aromatic rings. The molecule has 0 radical (unpaired) electrons. The Morgan fingerprint density at radius 3 is 2.13 bits per heavy atom. The molecule has 1 atom stereocenters. The van der Waals surface area contributed by atoms with E-state index in [9.17, 15) is 13.2 Å². The van der Waals surface area contributed by atoms with Crippen molar-refractivity contribution in [3.05, 3.63) is 59.7 Å². The second-order valence-electron chi connectivity index (χ2n) is 9.16. The largest absolute Gasteiger partial charge is 0.326 e. The molecule has 1 amide bonds. The summed E-state index contributed by atoms with van der Waals surface area (Å²) in [5.74, 6) is 0.748. The number of piperidine rings is 1. The lowest BCUT2D eigenvalue weighted by Crippen LogP contribution is -2.37. The van der Waals surface area contributed by atoms with Gasteiger partial charge in [0.25, 0.3) is 0 Å². The standard InChI is InChI=1S/C25H34N2O3S/c1-18(2)17-21-5-7-22(8-6-21)20(4)25(28)26-23-9-11-24(12-10-23)31(29,30)27-15-13-19(3)14-16-27/h5-12,18-20H,13-17H2,1-4H3,(H,26,28). The van der Waals surface area contributed by atoms with Crippen LogP contribution in [0.3, 0.4) is 0 Å². The third-order valence-electron chi connectivity index (χ3n) is 6.02. The first kappa shape index (κ1) is 23.5. The lowest BCUT2D eigenvalue weighted by molar-refractivity contribution is -0.117. The minimum atomic E-state index is -3.48. The van der Waals surface area contributed by atoms with E-state index in [2.05, 4.69) is 38.2 Å². The number of carbonyl (C=O) groups excluding carboxylic acids is 1. The van der Waals surface area contributed by atoms with Gasteiger partial charge in [-0.25, -0.2) is 8.42 Å². The summed E-state index contributed by atoms with van der Waals surface area (Å²) in [4.78, 5) is 13.0. The van der Waals surface area contributed by atoms with E-state index in [4.69, 9.17) is 0 Å². The van der Waals surface area contributed by atoms with Crippen molar-refractivity contribution in [1.29, 1.82) is 0 Å². The molecule has 1 saturated heterocycles. The molecule has 168 valence electrons. The fraction of sp³-hybridized carbons (Fsp3) is 0.480. The molecule has 0 saturated carbocycles. The van der Waals surface area contributed by atoms with Crippen molar-refractivity contribution in [1.82, 2.24) is 4.31 Å². The minimum absolute atomic E-state index is 0.114. The van der Waals surface area contributed by atoms with Gasteiger partial charge in [-0.05, 0) is 73.4 Å². The zero-order chi connectivity index (χ0) is 22.6. The van der Waals surface area contributed by atoms with E-state index in [0.717, 1.165) is 24.8 Å². The topological polar surface area (TPSA) is 66.5 Å². The number of hydrogen-bond acceptors (Lipinski definition) is 3. The Kier molecular flexibility index (Phi) is 7.55. The van der Waals surface area contributed by atoms with Crippen molar-refractivity contribution in [3.8, 4) is 0 Å². The van der Waals surface area contributed by atoms with Gasteiger partial charge in [-0.3, -0.25) is 4.79 Å². The first-order valence-electron chi connectivity index (χ1n) is 11.2. The average molecular weight is 443 g/mol. The van der Waals surface area contributed by atoms with E-state index in [1.807, 2.05) is 19.1 Å². The van der Waals surface area contributed by atoms with Crippen LogP contribution in [0.4, 0.5) is 5.69 Å². The van der Waals surface area contributed by atoms with Crippen LogP contribution in [0.2, 0.25) is 0 Å². The maximum Gasteiger partial charge on any atom is 0.243 e. The number of anilines is 1. The normalized spacial score (nSPS) is 16.9. The number of carbonyl (C=O) groups is 1. The van der Waals surface area contributed by atoms with Crippen LogP contribution in [-0.2, 0) is 21.2 Å². The van der Waals surface area contributed by atoms with Crippen LogP contribution < -0.4 is 5.32 Å². The lowest BCUT2D eigenvalue weighted by Gasteiger charge is -2.29. The average Bonchev–Trinajstić information content (AvgIpc) is 2.74. The zero-order valence-electron chi connectivity index (χ0n) is 19.0. The molecule has 3 rings (SSSR count). The first-order valence-corrected chi connectivity index (χ1v) is 12.6. The predicted molar refractivity (Wildman–Crippen MR) is 126 cm³/mol. The van der Waals surface area contributed by atoms with Crippen molar-refractivity contribution < 1.29 is 13.2 Å². The molecule has 0 aromatic heterocycles. The number of nitrogens with zero attached hydrogens (tertiary/aromatic N) is 1. The lowest BCUT2D eigenvalue weighted by atomic mass is 9.96. The summed E-state index contributed by atoms with van der Waals surface area (Å²) in [6.07, 6.45) is 2.81. The molecular weight excluding hydrogens is 408 g/mol. The van der Waals surface area contributed by atoms with Crippen molar-refractivity contribution >= 4 is 21.6 Å². The second kappa shape index (κ2) is 9.96. The molecule has 5 nitrogen and oxygen atoms in total. The first-order chi connectivity index (χ1) is 14.7. The van der Waals surface area contributed by atoms with Crippen LogP contribution in [0.25, 0.3) is 0 Å². The fourth-order valence-electron chi connectivity index (χ4n) is 3.90. The molecule has 1 aliphatic rings. The maximum absolute atomic E-state index is 12.9. The van der Waals surface area contributed by atoms with Crippen molar-refractivity contribution in [2.24, 2.45) is 11.8 Å². The Hall–Kier alpha value is -2.18. The van der Waals surface area contributed by atoms with Crippen molar-refractivity contribution in [2.45, 2.75) is 57.8 Å². The molecule has 1 fully saturated rings. The predicted octanol–water partition coefficient (Wildman–Crippen LogP) is 5.05. The van der Waals surface area contributed by atoms with Gasteiger partial charge in [0.1, 0.15) is 0 Å². The van der Waals surface area contributed by atoms with E-state index < -0.39 is 10.0 Å². The summed E-state index contributed by atoms with van der Waals surface area (Å²) in [5.41, 5.74) is 2.83. The Bertz CT molecular complexity index is 974. The number of hydrogen-bond donors (Lipinski definition) is 1. The number of rotatable bonds is 7. The van der Waals surface area contributed by atoms with Crippen LogP contribution in [0.15, 0.2) is 53.4 Å². The SMILES string of the molecule is CC(C)Cc1ccc(C(C)C(=O)Nc2ccc(S(=O)(=O)N3CCC(C)CC3)cc2)cc1. The molecule has 0 spiro atoms. The van der Waals surface area contributed by atoms with Crippen LogP contribution in [0.1, 0.15) is 57.6 Å². The van der Waals surface area contributed by atoms with Gasteiger partial charge in [-0.1, -0.05) is 45.0 Å². The van der Waals surface area contributed by atoms with Crippen LogP contribution in [0, 0.1) is 11.8 Å². The van der Waals surface area contributed by atoms with E-state index >= 15 is 0 Å². The highest BCUT2D eigenvalue weighted by molar-refractivity contribution is 7.89. The van der Waals surface area contributed by atoms with Gasteiger partial charge in [0.15, 0.2) is 0 Å². The minimum Gasteiger partial charge on any atom is -0.326 e. The van der Waals surface area contributed by atoms with E-state index in [1.54, 1.807) is 28.6 Å². The summed E-state index contributed by atoms with van der Waals surface area (Å²) < 4.78 is 27.3. The highest BCUT2D eigenvalue weighted by atomic mass is 32.2. The summed E-state index contributed by atoms with van der Waals surface area (Å²) in [6, 6.07) is 14.7. The molecule has 6 heteroatoms. The summed E-state index contributed by atoms with van der Waals surface area (Å²) >= 11 is 0. The Labute approximate surface area is 186 Å². The van der Waals surface area contributed by atoms with Crippen molar-refractivity contribution in [2.75, 3.05) is 18.4 Å².